The number of hydrogen-bond donors (Lipinski definition) is 4. The van der Waals surface area contributed by atoms with Crippen LogP contribution in [0.1, 0.15) is 27.2 Å². The first kappa shape index (κ1) is 20.9. The summed E-state index contributed by atoms with van der Waals surface area (Å²) >= 11 is 0. The maximum absolute atomic E-state index is 12.0. The summed E-state index contributed by atoms with van der Waals surface area (Å²) in [7, 11) is 0. The predicted molar refractivity (Wildman–Crippen MR) is 118 cm³/mol. The highest BCUT2D eigenvalue weighted by molar-refractivity contribution is 6.02. The second-order valence-electron chi connectivity index (χ2n) is 8.75. The van der Waals surface area contributed by atoms with E-state index in [9.17, 15) is 15.0 Å². The van der Waals surface area contributed by atoms with Gasteiger partial charge in [-0.1, -0.05) is 0 Å². The first-order valence-electron chi connectivity index (χ1n) is 10.2. The molecule has 0 aliphatic carbocycles. The molecular formula is C21H27N7O3. The lowest BCUT2D eigenvalue weighted by molar-refractivity contribution is -0.000472. The molecule has 10 nitrogen and oxygen atoms in total. The highest BCUT2D eigenvalue weighted by Crippen LogP contribution is 2.36. The Hall–Kier alpha value is -3.40. The van der Waals surface area contributed by atoms with Crippen molar-refractivity contribution in [3.63, 3.8) is 0 Å². The van der Waals surface area contributed by atoms with Crippen LogP contribution in [0.25, 0.3) is 22.3 Å². The van der Waals surface area contributed by atoms with E-state index >= 15 is 0 Å². The second-order valence-corrected chi connectivity index (χ2v) is 8.75. The van der Waals surface area contributed by atoms with Crippen molar-refractivity contribution < 1.29 is 15.0 Å². The topological polar surface area (TPSA) is 144 Å². The van der Waals surface area contributed by atoms with Gasteiger partial charge in [0.1, 0.15) is 5.65 Å². The Balaban J connectivity index is 1.77. The van der Waals surface area contributed by atoms with Gasteiger partial charge < -0.3 is 25.8 Å². The fraction of sp³-hybridized carbons (Fsp3) is 0.429. The van der Waals surface area contributed by atoms with E-state index in [0.29, 0.717) is 30.9 Å². The average molecular weight is 425 g/mol. The molecule has 3 aromatic heterocycles. The summed E-state index contributed by atoms with van der Waals surface area (Å²) in [5.41, 5.74) is 8.23. The van der Waals surface area contributed by atoms with Crippen molar-refractivity contribution in [2.75, 3.05) is 23.7 Å². The molecule has 0 unspecified atom stereocenters. The Morgan fingerprint density at radius 3 is 2.71 bits per heavy atom. The summed E-state index contributed by atoms with van der Waals surface area (Å²) in [6.07, 6.45) is 3.82. The van der Waals surface area contributed by atoms with E-state index in [1.807, 2.05) is 33.0 Å². The van der Waals surface area contributed by atoms with Gasteiger partial charge in [0, 0.05) is 42.8 Å². The summed E-state index contributed by atoms with van der Waals surface area (Å²) in [5.74, 6) is 0.181. The molecule has 3 aromatic rings. The number of anilines is 2. The average Bonchev–Trinajstić information content (AvgIpc) is 3.12. The number of aromatic nitrogens is 4. The maximum atomic E-state index is 12.0. The van der Waals surface area contributed by atoms with Crippen molar-refractivity contribution in [2.24, 2.45) is 0 Å². The van der Waals surface area contributed by atoms with Crippen LogP contribution < -0.4 is 10.6 Å². The summed E-state index contributed by atoms with van der Waals surface area (Å²) in [5, 5.41) is 21.4. The summed E-state index contributed by atoms with van der Waals surface area (Å²) in [6.45, 7) is 6.45. The van der Waals surface area contributed by atoms with Gasteiger partial charge in [0.05, 0.1) is 28.9 Å². The molecule has 0 radical (unpaired) electrons. The highest BCUT2D eigenvalue weighted by Gasteiger charge is 2.40. The Morgan fingerprint density at radius 1 is 1.29 bits per heavy atom. The number of nitrogens with zero attached hydrogens (tertiary/aromatic N) is 5. The normalized spacial score (nSPS) is 19.5. The first-order valence-corrected chi connectivity index (χ1v) is 10.2. The summed E-state index contributed by atoms with van der Waals surface area (Å²) in [6, 6.07) is 3.12. The summed E-state index contributed by atoms with van der Waals surface area (Å²) in [4.78, 5) is 31.4. The Kier molecular flexibility index (Phi) is 5.18. The van der Waals surface area contributed by atoms with E-state index in [4.69, 9.17) is 5.73 Å². The van der Waals surface area contributed by atoms with Crippen LogP contribution in [0.3, 0.4) is 0 Å². The van der Waals surface area contributed by atoms with Crippen LogP contribution in [0.15, 0.2) is 30.7 Å². The number of aliphatic hydroxyl groups is 1. The fourth-order valence-corrected chi connectivity index (χ4v) is 4.35. The second kappa shape index (κ2) is 7.69. The van der Waals surface area contributed by atoms with Gasteiger partial charge >= 0.3 is 6.09 Å². The number of aromatic amines is 1. The van der Waals surface area contributed by atoms with Crippen LogP contribution in [-0.4, -0.2) is 71.9 Å². The lowest BCUT2D eigenvalue weighted by Gasteiger charge is -2.47. The molecule has 0 bridgehead atoms. The number of rotatable bonds is 3. The number of carboxylic acid groups (broad SMARTS) is 1. The first-order chi connectivity index (χ1) is 14.7. The fourth-order valence-electron chi connectivity index (χ4n) is 4.35. The number of carbonyl (C=O) groups is 1. The number of aliphatic hydroxyl groups excluding tert-OH is 1. The minimum absolute atomic E-state index is 0.181. The van der Waals surface area contributed by atoms with Crippen LogP contribution in [0.5, 0.6) is 0 Å². The number of fused-ring (bicyclic) bond motifs is 1. The van der Waals surface area contributed by atoms with Crippen LogP contribution >= 0.6 is 0 Å². The quantitative estimate of drug-likeness (QED) is 0.500. The maximum Gasteiger partial charge on any atom is 0.408 e. The van der Waals surface area contributed by atoms with Gasteiger partial charge in [-0.15, -0.1) is 0 Å². The van der Waals surface area contributed by atoms with Crippen LogP contribution in [0.2, 0.25) is 0 Å². The van der Waals surface area contributed by atoms with Crippen molar-refractivity contribution >= 4 is 28.8 Å². The molecule has 1 fully saturated rings. The largest absolute Gasteiger partial charge is 0.465 e. The van der Waals surface area contributed by atoms with Gasteiger partial charge in [0.25, 0.3) is 0 Å². The third kappa shape index (κ3) is 3.86. The van der Waals surface area contributed by atoms with Crippen LogP contribution in [0.4, 0.5) is 16.4 Å². The standard InChI is InChI=1S/C21H27N7O3/c1-21(2,3)28(20(30)31)15-11-27(9-6-16(15)29)14-5-8-23-18-17(14)12(10-25-18)13-4-7-24-19(22)26-13/h4-5,7-8,10,15-16,29H,6,9,11H2,1-3H3,(H,23,25)(H,30,31)(H2,22,24,26)/t15-,16-/m0/s1. The Bertz CT molecular complexity index is 1110. The number of H-pyrrole nitrogens is 1. The molecule has 10 heteroatoms. The van der Waals surface area contributed by atoms with Gasteiger partial charge in [0.2, 0.25) is 5.95 Å². The van der Waals surface area contributed by atoms with Crippen molar-refractivity contribution in [2.45, 2.75) is 44.9 Å². The van der Waals surface area contributed by atoms with Crippen molar-refractivity contribution in [3.8, 4) is 11.3 Å². The van der Waals surface area contributed by atoms with E-state index < -0.39 is 23.8 Å². The zero-order chi connectivity index (χ0) is 22.3. The van der Waals surface area contributed by atoms with E-state index in [0.717, 1.165) is 16.6 Å². The third-order valence-electron chi connectivity index (χ3n) is 5.65. The van der Waals surface area contributed by atoms with Gasteiger partial charge in [0.15, 0.2) is 0 Å². The number of hydrogen-bond acceptors (Lipinski definition) is 7. The SMILES string of the molecule is CC(C)(C)N(C(=O)O)[C@H]1CN(c2ccnc3[nH]cc(-c4ccnc(N)n4)c23)CC[C@@H]1O. The molecule has 4 rings (SSSR count). The molecule has 0 aromatic carbocycles. The number of pyridine rings is 1. The van der Waals surface area contributed by atoms with Crippen LogP contribution in [-0.2, 0) is 0 Å². The van der Waals surface area contributed by atoms with E-state index in [1.54, 1.807) is 18.5 Å². The molecule has 1 amide bonds. The predicted octanol–water partition coefficient (Wildman–Crippen LogP) is 2.32. The van der Waals surface area contributed by atoms with E-state index in [1.165, 1.54) is 4.90 Å². The number of nitrogen functional groups attached to an aromatic ring is 1. The number of nitrogens with two attached hydrogens (primary N) is 1. The zero-order valence-corrected chi connectivity index (χ0v) is 17.8. The molecular weight excluding hydrogens is 398 g/mol. The molecule has 5 N–H and O–H groups in total. The van der Waals surface area contributed by atoms with Crippen molar-refractivity contribution in [1.82, 2.24) is 24.8 Å². The number of nitrogens with one attached hydrogen (secondary N) is 1. The molecule has 164 valence electrons. The third-order valence-corrected chi connectivity index (χ3v) is 5.65. The zero-order valence-electron chi connectivity index (χ0n) is 17.8. The lowest BCUT2D eigenvalue weighted by atomic mass is 9.94. The van der Waals surface area contributed by atoms with Crippen molar-refractivity contribution in [3.05, 3.63) is 30.7 Å². The molecule has 31 heavy (non-hydrogen) atoms. The Labute approximate surface area is 179 Å². The molecule has 1 aliphatic heterocycles. The highest BCUT2D eigenvalue weighted by atomic mass is 16.4. The van der Waals surface area contributed by atoms with E-state index in [2.05, 4.69) is 24.8 Å². The Morgan fingerprint density at radius 2 is 2.03 bits per heavy atom. The van der Waals surface area contributed by atoms with Crippen molar-refractivity contribution in [1.29, 1.82) is 0 Å². The van der Waals surface area contributed by atoms with Gasteiger partial charge in [-0.05, 0) is 39.3 Å². The molecule has 1 saturated heterocycles. The minimum atomic E-state index is -1.04. The monoisotopic (exact) mass is 425 g/mol. The molecule has 1 aliphatic rings. The van der Waals surface area contributed by atoms with Crippen LogP contribution in [0, 0.1) is 0 Å². The van der Waals surface area contributed by atoms with Gasteiger partial charge in [-0.2, -0.15) is 0 Å². The number of amides is 1. The molecule has 0 spiro atoms. The van der Waals surface area contributed by atoms with Gasteiger partial charge in [-0.25, -0.2) is 19.7 Å². The molecule has 4 heterocycles. The van der Waals surface area contributed by atoms with E-state index in [-0.39, 0.29) is 5.95 Å². The van der Waals surface area contributed by atoms with Gasteiger partial charge in [-0.3, -0.25) is 4.90 Å². The number of piperidine rings is 1. The summed E-state index contributed by atoms with van der Waals surface area (Å²) < 4.78 is 0. The lowest BCUT2D eigenvalue weighted by Crippen LogP contribution is -2.62. The molecule has 2 atom stereocenters. The smallest absolute Gasteiger partial charge is 0.408 e. The minimum Gasteiger partial charge on any atom is -0.465 e. The molecule has 0 saturated carbocycles.